The molecule has 3 aliphatic rings. The van der Waals surface area contributed by atoms with Crippen molar-refractivity contribution in [3.63, 3.8) is 0 Å². The predicted molar refractivity (Wildman–Crippen MR) is 302 cm³/mol. The summed E-state index contributed by atoms with van der Waals surface area (Å²) in [5.41, 5.74) is 19.7. The van der Waals surface area contributed by atoms with Gasteiger partial charge in [-0.3, -0.25) is 9.97 Å². The molecule has 2 atom stereocenters. The van der Waals surface area contributed by atoms with Crippen molar-refractivity contribution < 1.29 is 0 Å². The minimum atomic E-state index is -0.000265. The summed E-state index contributed by atoms with van der Waals surface area (Å²) in [5.74, 6) is 3.75. The molecule has 3 aliphatic carbocycles. The van der Waals surface area contributed by atoms with Gasteiger partial charge in [0.15, 0.2) is 34.9 Å². The molecular formula is C68H42N8. The van der Waals surface area contributed by atoms with Crippen molar-refractivity contribution in [3.05, 3.63) is 276 Å². The van der Waals surface area contributed by atoms with Crippen molar-refractivity contribution in [2.45, 2.75) is 11.8 Å². The highest BCUT2D eigenvalue weighted by Gasteiger charge is 2.41. The highest BCUT2D eigenvalue weighted by molar-refractivity contribution is 5.86. The Bertz CT molecular complexity index is 4120. The van der Waals surface area contributed by atoms with Crippen molar-refractivity contribution in [1.82, 2.24) is 39.9 Å². The first-order chi connectivity index (χ1) is 37.6. The molecule has 4 heterocycles. The van der Waals surface area contributed by atoms with E-state index >= 15 is 0 Å². The van der Waals surface area contributed by atoms with Crippen LogP contribution in [0.1, 0.15) is 45.2 Å². The van der Waals surface area contributed by atoms with Crippen molar-refractivity contribution in [3.8, 4) is 90.6 Å². The van der Waals surface area contributed by atoms with Gasteiger partial charge in [0.25, 0.3) is 0 Å². The summed E-state index contributed by atoms with van der Waals surface area (Å²) in [5, 5.41) is 2.21. The molecule has 2 bridgehead atoms. The SMILES string of the molecule is c1ccc(-c2nc(-c3ccc(-c4ccc5ncccc5c4)cc3)nc(-c3ccc4c(c3)C3c5ccccc5C4c4cc(-c5nc(-c6ccccc6)nc(-c6ccc(-c7ccc8ncccc8c7)cc6)n5)ccc43)n2)cc1. The van der Waals surface area contributed by atoms with Gasteiger partial charge in [0.05, 0.1) is 11.0 Å². The number of benzene rings is 9. The van der Waals surface area contributed by atoms with Crippen LogP contribution in [0.5, 0.6) is 0 Å². The Kier molecular flexibility index (Phi) is 10.2. The molecule has 9 aromatic carbocycles. The Morgan fingerprint density at radius 2 is 0.526 bits per heavy atom. The monoisotopic (exact) mass is 970 g/mol. The van der Waals surface area contributed by atoms with Crippen LogP contribution >= 0.6 is 0 Å². The standard InChI is InChI=1S/C68H42N8/c1-3-11-43(12-4-1)63-71-65(45-23-19-41(20-24-45)47-29-33-59-49(37-47)15-9-35-69-59)75-67(73-63)51-27-31-55-57(39-51)61-53-17-7-8-18-54(53)62(55)58-40-52(28-32-56(58)61)68-74-64(44-13-5-2-6-14-44)72-66(76-68)46-25-21-42(22-26-46)48-30-34-60-50(38-48)16-10-36-70-60/h1-40,61-62H. The summed E-state index contributed by atoms with van der Waals surface area (Å²) in [6.07, 6.45) is 3.66. The fraction of sp³-hybridized carbons (Fsp3) is 0.0294. The summed E-state index contributed by atoms with van der Waals surface area (Å²) in [7, 11) is 0. The molecule has 0 fully saturated rings. The largest absolute Gasteiger partial charge is 0.256 e. The summed E-state index contributed by atoms with van der Waals surface area (Å²) in [6.45, 7) is 0. The summed E-state index contributed by atoms with van der Waals surface area (Å²) < 4.78 is 0. The number of pyridine rings is 2. The Balaban J connectivity index is 0.801. The molecule has 4 aromatic heterocycles. The number of aromatic nitrogens is 8. The van der Waals surface area contributed by atoms with Gasteiger partial charge in [-0.15, -0.1) is 0 Å². The molecule has 16 rings (SSSR count). The molecule has 13 aromatic rings. The van der Waals surface area contributed by atoms with Crippen LogP contribution in [0, 0.1) is 0 Å². The van der Waals surface area contributed by atoms with Crippen LogP contribution in [-0.2, 0) is 0 Å². The summed E-state index contributed by atoms with van der Waals surface area (Å²) >= 11 is 0. The van der Waals surface area contributed by atoms with Crippen LogP contribution in [0.3, 0.4) is 0 Å². The van der Waals surface area contributed by atoms with Crippen LogP contribution < -0.4 is 0 Å². The topological polar surface area (TPSA) is 103 Å². The van der Waals surface area contributed by atoms with Gasteiger partial charge in [0, 0.05) is 68.4 Å². The highest BCUT2D eigenvalue weighted by Crippen LogP contribution is 2.56. The molecule has 8 nitrogen and oxygen atoms in total. The van der Waals surface area contributed by atoms with Crippen molar-refractivity contribution in [2.24, 2.45) is 0 Å². The minimum Gasteiger partial charge on any atom is -0.256 e. The van der Waals surface area contributed by atoms with E-state index in [0.717, 1.165) is 77.4 Å². The van der Waals surface area contributed by atoms with Gasteiger partial charge in [0.1, 0.15) is 0 Å². The number of hydrogen-bond donors (Lipinski definition) is 0. The van der Waals surface area contributed by atoms with Gasteiger partial charge < -0.3 is 0 Å². The Morgan fingerprint density at radius 1 is 0.211 bits per heavy atom. The van der Waals surface area contributed by atoms with E-state index in [0.29, 0.717) is 34.9 Å². The van der Waals surface area contributed by atoms with E-state index in [1.807, 2.05) is 60.9 Å². The third-order valence-corrected chi connectivity index (χ3v) is 15.0. The van der Waals surface area contributed by atoms with Crippen LogP contribution in [0.25, 0.3) is 112 Å². The van der Waals surface area contributed by atoms with E-state index in [4.69, 9.17) is 29.9 Å². The quantitative estimate of drug-likeness (QED) is 0.148. The molecule has 8 heteroatoms. The molecule has 0 saturated heterocycles. The zero-order valence-electron chi connectivity index (χ0n) is 40.8. The Morgan fingerprint density at radius 3 is 0.934 bits per heavy atom. The van der Waals surface area contributed by atoms with Gasteiger partial charge in [-0.1, -0.05) is 182 Å². The van der Waals surface area contributed by atoms with Gasteiger partial charge in [-0.05, 0) is 104 Å². The molecule has 76 heavy (non-hydrogen) atoms. The predicted octanol–water partition coefficient (Wildman–Crippen LogP) is 15.5. The van der Waals surface area contributed by atoms with Crippen LogP contribution in [0.15, 0.2) is 243 Å². The Labute approximate surface area is 438 Å². The lowest BCUT2D eigenvalue weighted by molar-refractivity contribution is 0.754. The van der Waals surface area contributed by atoms with Gasteiger partial charge in [-0.2, -0.15) is 0 Å². The number of rotatable bonds is 8. The molecule has 354 valence electrons. The number of fused-ring (bicyclic) bond motifs is 2. The first-order valence-corrected chi connectivity index (χ1v) is 25.5. The molecule has 0 N–H and O–H groups in total. The fourth-order valence-electron chi connectivity index (χ4n) is 11.3. The molecule has 0 aliphatic heterocycles. The van der Waals surface area contributed by atoms with Crippen LogP contribution in [0.2, 0.25) is 0 Å². The second-order valence-corrected chi connectivity index (χ2v) is 19.5. The average Bonchev–Trinajstić information content (AvgIpc) is 3.58. The van der Waals surface area contributed by atoms with Gasteiger partial charge >= 0.3 is 0 Å². The Hall–Kier alpha value is -10.2. The molecule has 0 amide bonds. The first-order valence-electron chi connectivity index (χ1n) is 25.5. The lowest BCUT2D eigenvalue weighted by Crippen LogP contribution is -2.27. The van der Waals surface area contributed by atoms with E-state index < -0.39 is 0 Å². The lowest BCUT2D eigenvalue weighted by Gasteiger charge is -2.42. The fourth-order valence-corrected chi connectivity index (χ4v) is 11.3. The highest BCUT2D eigenvalue weighted by atomic mass is 15.0. The average molecular weight is 971 g/mol. The maximum absolute atomic E-state index is 5.22. The summed E-state index contributed by atoms with van der Waals surface area (Å²) in [4.78, 5) is 40.0. The zero-order valence-corrected chi connectivity index (χ0v) is 40.8. The van der Waals surface area contributed by atoms with Crippen LogP contribution in [0.4, 0.5) is 0 Å². The van der Waals surface area contributed by atoms with E-state index in [9.17, 15) is 0 Å². The third kappa shape index (κ3) is 7.54. The number of hydrogen-bond acceptors (Lipinski definition) is 8. The smallest absolute Gasteiger partial charge is 0.164 e. The molecule has 0 radical (unpaired) electrons. The van der Waals surface area contributed by atoms with Crippen molar-refractivity contribution in [2.75, 3.05) is 0 Å². The van der Waals surface area contributed by atoms with Crippen molar-refractivity contribution >= 4 is 21.8 Å². The van der Waals surface area contributed by atoms with Crippen LogP contribution in [-0.4, -0.2) is 39.9 Å². The normalized spacial score (nSPS) is 14.1. The molecule has 2 unspecified atom stereocenters. The third-order valence-electron chi connectivity index (χ3n) is 15.0. The first kappa shape index (κ1) is 43.4. The summed E-state index contributed by atoms with van der Waals surface area (Å²) in [6, 6.07) is 80.7. The zero-order chi connectivity index (χ0) is 50.1. The van der Waals surface area contributed by atoms with Gasteiger partial charge in [0.2, 0.25) is 0 Å². The molecule has 0 spiro atoms. The molecule has 0 saturated carbocycles. The maximum Gasteiger partial charge on any atom is 0.164 e. The maximum atomic E-state index is 5.22. The van der Waals surface area contributed by atoms with Gasteiger partial charge in [-0.25, -0.2) is 29.9 Å². The van der Waals surface area contributed by atoms with E-state index in [1.165, 1.54) is 33.4 Å². The number of nitrogens with zero attached hydrogens (tertiary/aromatic N) is 8. The lowest BCUT2D eigenvalue weighted by atomic mass is 9.61. The van der Waals surface area contributed by atoms with Crippen molar-refractivity contribution in [1.29, 1.82) is 0 Å². The second-order valence-electron chi connectivity index (χ2n) is 19.5. The second kappa shape index (κ2) is 17.8. The van der Waals surface area contributed by atoms with E-state index in [1.54, 1.807) is 0 Å². The van der Waals surface area contributed by atoms with E-state index in [2.05, 4.69) is 192 Å². The minimum absolute atomic E-state index is 0.000265. The van der Waals surface area contributed by atoms with E-state index in [-0.39, 0.29) is 11.8 Å². The molecular weight excluding hydrogens is 929 g/mol.